The zero-order valence-electron chi connectivity index (χ0n) is 11.2. The topological polar surface area (TPSA) is 38.7 Å². The smallest absolute Gasteiger partial charge is 0.150 e. The molecule has 1 aromatic carbocycles. The van der Waals surface area contributed by atoms with Crippen molar-refractivity contribution in [2.45, 2.75) is 19.8 Å². The third-order valence-corrected chi connectivity index (χ3v) is 3.54. The van der Waals surface area contributed by atoms with Gasteiger partial charge < -0.3 is 0 Å². The number of rotatable bonds is 3. The van der Waals surface area contributed by atoms with E-state index >= 15 is 0 Å². The number of hydrogen-bond acceptors (Lipinski definition) is 3. The van der Waals surface area contributed by atoms with Gasteiger partial charge in [0.15, 0.2) is 5.15 Å². The Labute approximate surface area is 122 Å². The number of fused-ring (bicyclic) bond motifs is 1. The molecular weight excluding hydrogens is 270 g/mol. The van der Waals surface area contributed by atoms with Gasteiger partial charge in [0, 0.05) is 23.3 Å². The molecule has 0 radical (unpaired) electrons. The maximum absolute atomic E-state index is 6.09. The standard InChI is InChI=1S/C16H14ClN3/c1-2-5-14-16(17)19-10-15(20-14)13-9-18-8-11-6-3-4-7-12(11)13/h3-4,6-10H,2,5H2,1H3. The van der Waals surface area contributed by atoms with Gasteiger partial charge >= 0.3 is 0 Å². The predicted molar refractivity (Wildman–Crippen MR) is 81.8 cm³/mol. The van der Waals surface area contributed by atoms with Crippen LogP contribution in [0.25, 0.3) is 22.0 Å². The van der Waals surface area contributed by atoms with Crippen molar-refractivity contribution < 1.29 is 0 Å². The molecule has 3 nitrogen and oxygen atoms in total. The molecule has 100 valence electrons. The van der Waals surface area contributed by atoms with Crippen LogP contribution in [0.5, 0.6) is 0 Å². The zero-order chi connectivity index (χ0) is 13.9. The number of aryl methyl sites for hydroxylation is 1. The van der Waals surface area contributed by atoms with Crippen LogP contribution < -0.4 is 0 Å². The second-order valence-corrected chi connectivity index (χ2v) is 5.01. The van der Waals surface area contributed by atoms with Crippen LogP contribution in [0.3, 0.4) is 0 Å². The van der Waals surface area contributed by atoms with Crippen LogP contribution >= 0.6 is 11.6 Å². The molecule has 3 rings (SSSR count). The molecule has 3 aromatic rings. The highest BCUT2D eigenvalue weighted by Gasteiger charge is 2.09. The van der Waals surface area contributed by atoms with Gasteiger partial charge in [-0.2, -0.15) is 0 Å². The van der Waals surface area contributed by atoms with Gasteiger partial charge in [0.25, 0.3) is 0 Å². The summed E-state index contributed by atoms with van der Waals surface area (Å²) in [6.07, 6.45) is 7.22. The van der Waals surface area contributed by atoms with Crippen molar-refractivity contribution in [2.75, 3.05) is 0 Å². The van der Waals surface area contributed by atoms with E-state index in [4.69, 9.17) is 11.6 Å². The van der Waals surface area contributed by atoms with Gasteiger partial charge in [0.2, 0.25) is 0 Å². The quantitative estimate of drug-likeness (QED) is 0.719. The summed E-state index contributed by atoms with van der Waals surface area (Å²) in [5.41, 5.74) is 2.66. The molecule has 0 bridgehead atoms. The van der Waals surface area contributed by atoms with Crippen LogP contribution in [0.2, 0.25) is 5.15 Å². The van der Waals surface area contributed by atoms with Crippen molar-refractivity contribution in [2.24, 2.45) is 0 Å². The second kappa shape index (κ2) is 5.55. The minimum absolute atomic E-state index is 0.490. The average Bonchev–Trinajstić information content (AvgIpc) is 2.49. The Bertz CT molecular complexity index is 750. The van der Waals surface area contributed by atoms with Gasteiger partial charge in [-0.3, -0.25) is 4.98 Å². The summed E-state index contributed by atoms with van der Waals surface area (Å²) in [5, 5.41) is 2.71. The Balaban J connectivity index is 2.18. The first-order valence-corrected chi connectivity index (χ1v) is 7.02. The first-order valence-electron chi connectivity index (χ1n) is 6.64. The lowest BCUT2D eigenvalue weighted by molar-refractivity contribution is 0.873. The minimum Gasteiger partial charge on any atom is -0.263 e. The number of benzene rings is 1. The first kappa shape index (κ1) is 13.0. The summed E-state index contributed by atoms with van der Waals surface area (Å²) < 4.78 is 0. The van der Waals surface area contributed by atoms with Crippen molar-refractivity contribution in [1.29, 1.82) is 0 Å². The molecule has 0 fully saturated rings. The molecule has 0 aliphatic heterocycles. The lowest BCUT2D eigenvalue weighted by Gasteiger charge is -2.07. The van der Waals surface area contributed by atoms with Crippen molar-refractivity contribution in [3.8, 4) is 11.3 Å². The largest absolute Gasteiger partial charge is 0.263 e. The molecule has 0 N–H and O–H groups in total. The van der Waals surface area contributed by atoms with Crippen LogP contribution in [0.1, 0.15) is 19.0 Å². The van der Waals surface area contributed by atoms with E-state index in [2.05, 4.69) is 27.9 Å². The summed E-state index contributed by atoms with van der Waals surface area (Å²) >= 11 is 6.09. The van der Waals surface area contributed by atoms with Crippen LogP contribution in [0.15, 0.2) is 42.9 Å². The number of aromatic nitrogens is 3. The van der Waals surface area contributed by atoms with Crippen molar-refractivity contribution in [1.82, 2.24) is 15.0 Å². The van der Waals surface area contributed by atoms with E-state index in [1.54, 1.807) is 6.20 Å². The third-order valence-electron chi connectivity index (χ3n) is 3.22. The van der Waals surface area contributed by atoms with E-state index in [0.717, 1.165) is 40.6 Å². The van der Waals surface area contributed by atoms with Gasteiger partial charge in [-0.15, -0.1) is 0 Å². The molecule has 0 spiro atoms. The normalized spacial score (nSPS) is 10.9. The monoisotopic (exact) mass is 283 g/mol. The average molecular weight is 284 g/mol. The van der Waals surface area contributed by atoms with E-state index in [1.807, 2.05) is 30.6 Å². The molecule has 0 aliphatic rings. The van der Waals surface area contributed by atoms with Crippen LogP contribution in [-0.2, 0) is 6.42 Å². The van der Waals surface area contributed by atoms with Crippen molar-refractivity contribution in [3.05, 3.63) is 53.7 Å². The molecule has 20 heavy (non-hydrogen) atoms. The summed E-state index contributed by atoms with van der Waals surface area (Å²) in [4.78, 5) is 13.2. The van der Waals surface area contributed by atoms with Crippen molar-refractivity contribution >= 4 is 22.4 Å². The van der Waals surface area contributed by atoms with Gasteiger partial charge in [0.1, 0.15) is 0 Å². The van der Waals surface area contributed by atoms with Crippen LogP contribution in [0.4, 0.5) is 0 Å². The predicted octanol–water partition coefficient (Wildman–Crippen LogP) is 4.30. The molecule has 0 unspecified atom stereocenters. The summed E-state index contributed by atoms with van der Waals surface area (Å²) in [5.74, 6) is 0. The highest BCUT2D eigenvalue weighted by molar-refractivity contribution is 6.30. The van der Waals surface area contributed by atoms with Gasteiger partial charge in [-0.05, 0) is 11.8 Å². The number of hydrogen-bond donors (Lipinski definition) is 0. The highest BCUT2D eigenvalue weighted by atomic mass is 35.5. The Morgan fingerprint density at radius 2 is 1.95 bits per heavy atom. The minimum atomic E-state index is 0.490. The first-order chi connectivity index (χ1) is 9.79. The molecule has 2 aromatic heterocycles. The van der Waals surface area contributed by atoms with E-state index in [0.29, 0.717) is 5.15 Å². The van der Waals surface area contributed by atoms with Gasteiger partial charge in [-0.25, -0.2) is 9.97 Å². The molecular formula is C16H14ClN3. The lowest BCUT2D eigenvalue weighted by atomic mass is 10.1. The Morgan fingerprint density at radius 3 is 2.80 bits per heavy atom. The lowest BCUT2D eigenvalue weighted by Crippen LogP contribution is -1.97. The second-order valence-electron chi connectivity index (χ2n) is 4.65. The molecule has 2 heterocycles. The van der Waals surface area contributed by atoms with Crippen LogP contribution in [0, 0.1) is 0 Å². The summed E-state index contributed by atoms with van der Waals surface area (Å²) in [7, 11) is 0. The fourth-order valence-corrected chi connectivity index (χ4v) is 2.44. The Hall–Kier alpha value is -2.00. The zero-order valence-corrected chi connectivity index (χ0v) is 11.9. The van der Waals surface area contributed by atoms with E-state index in [1.165, 1.54) is 0 Å². The Kier molecular flexibility index (Phi) is 3.61. The van der Waals surface area contributed by atoms with Crippen molar-refractivity contribution in [3.63, 3.8) is 0 Å². The Morgan fingerprint density at radius 1 is 1.10 bits per heavy atom. The number of pyridine rings is 1. The van der Waals surface area contributed by atoms with E-state index in [9.17, 15) is 0 Å². The maximum Gasteiger partial charge on any atom is 0.150 e. The molecule has 0 amide bonds. The highest BCUT2D eigenvalue weighted by Crippen LogP contribution is 2.27. The summed E-state index contributed by atoms with van der Waals surface area (Å²) in [6.45, 7) is 2.10. The van der Waals surface area contributed by atoms with E-state index in [-0.39, 0.29) is 0 Å². The third kappa shape index (κ3) is 2.37. The summed E-state index contributed by atoms with van der Waals surface area (Å²) in [6, 6.07) is 8.14. The molecule has 0 atom stereocenters. The molecule has 0 saturated carbocycles. The molecule has 4 heteroatoms. The fraction of sp³-hybridized carbons (Fsp3) is 0.188. The number of halogens is 1. The van der Waals surface area contributed by atoms with Gasteiger partial charge in [0.05, 0.1) is 17.6 Å². The number of nitrogens with zero attached hydrogens (tertiary/aromatic N) is 3. The molecule has 0 saturated heterocycles. The fourth-order valence-electron chi connectivity index (χ4n) is 2.26. The maximum atomic E-state index is 6.09. The SMILES string of the molecule is CCCc1nc(-c2cncc3ccccc23)cnc1Cl. The molecule has 0 aliphatic carbocycles. The van der Waals surface area contributed by atoms with Crippen LogP contribution in [-0.4, -0.2) is 15.0 Å². The van der Waals surface area contributed by atoms with Gasteiger partial charge in [-0.1, -0.05) is 49.2 Å². The van der Waals surface area contributed by atoms with E-state index < -0.39 is 0 Å².